The zero-order valence-electron chi connectivity index (χ0n) is 28.5. The predicted molar refractivity (Wildman–Crippen MR) is 219 cm³/mol. The first-order valence-corrected chi connectivity index (χ1v) is 17.9. The zero-order valence-corrected chi connectivity index (χ0v) is 28.5. The lowest BCUT2D eigenvalue weighted by Crippen LogP contribution is -2.01. The number of benzene rings is 9. The maximum absolute atomic E-state index is 6.29. The van der Waals surface area contributed by atoms with Gasteiger partial charge < -0.3 is 4.42 Å². The third-order valence-electron chi connectivity index (χ3n) is 10.5. The number of fused-ring (bicyclic) bond motifs is 9. The zero-order chi connectivity index (χ0) is 34.9. The Kier molecular flexibility index (Phi) is 6.52. The van der Waals surface area contributed by atoms with Crippen LogP contribution < -0.4 is 0 Å². The van der Waals surface area contributed by atoms with Crippen molar-refractivity contribution in [3.05, 3.63) is 176 Å². The van der Waals surface area contributed by atoms with Gasteiger partial charge in [0.1, 0.15) is 11.2 Å². The summed E-state index contributed by atoms with van der Waals surface area (Å²) in [5.74, 6) is 1.89. The fourth-order valence-corrected chi connectivity index (χ4v) is 7.98. The molecule has 2 aromatic heterocycles. The van der Waals surface area contributed by atoms with E-state index in [1.165, 1.54) is 26.9 Å². The van der Waals surface area contributed by atoms with Gasteiger partial charge in [-0.3, -0.25) is 0 Å². The maximum atomic E-state index is 6.29. The monoisotopic (exact) mass is 675 g/mol. The fraction of sp³-hybridized carbons (Fsp3) is 0. The van der Waals surface area contributed by atoms with Crippen LogP contribution in [0.15, 0.2) is 180 Å². The number of aromatic nitrogens is 3. The van der Waals surface area contributed by atoms with Crippen LogP contribution in [0, 0.1) is 0 Å². The van der Waals surface area contributed by atoms with E-state index in [4.69, 9.17) is 19.4 Å². The summed E-state index contributed by atoms with van der Waals surface area (Å²) in [5, 5.41) is 11.7. The molecule has 0 aliphatic carbocycles. The van der Waals surface area contributed by atoms with E-state index in [1.807, 2.05) is 36.4 Å². The molecule has 0 unspecified atom stereocenters. The Balaban J connectivity index is 1.13. The Bertz CT molecular complexity index is 3240. The van der Waals surface area contributed by atoms with Crippen molar-refractivity contribution in [3.63, 3.8) is 0 Å². The van der Waals surface area contributed by atoms with Gasteiger partial charge in [-0.05, 0) is 84.5 Å². The molecular formula is C49H29N3O. The second-order valence-corrected chi connectivity index (χ2v) is 13.6. The van der Waals surface area contributed by atoms with Gasteiger partial charge in [0.2, 0.25) is 0 Å². The van der Waals surface area contributed by atoms with Gasteiger partial charge in [0.15, 0.2) is 17.5 Å². The highest BCUT2D eigenvalue weighted by atomic mass is 16.3. The van der Waals surface area contributed by atoms with Gasteiger partial charge in [0, 0.05) is 27.5 Å². The molecule has 0 saturated carbocycles. The van der Waals surface area contributed by atoms with Crippen molar-refractivity contribution < 1.29 is 4.42 Å². The third kappa shape index (κ3) is 4.80. The van der Waals surface area contributed by atoms with Crippen LogP contribution in [0.5, 0.6) is 0 Å². The molecule has 0 spiro atoms. The molecule has 246 valence electrons. The van der Waals surface area contributed by atoms with Gasteiger partial charge >= 0.3 is 0 Å². The largest absolute Gasteiger partial charge is 0.456 e. The van der Waals surface area contributed by atoms with E-state index in [2.05, 4.69) is 140 Å². The molecule has 4 heteroatoms. The number of hydrogen-bond donors (Lipinski definition) is 0. The van der Waals surface area contributed by atoms with Crippen molar-refractivity contribution in [2.45, 2.75) is 0 Å². The SMILES string of the molecule is c1ccc(-c2nc(-c3ccc4c(ccc5c6ccccc6ccc45)c3)nc(-c3cc(-c4cccc5oc6ccccc6c45)cc4ccccc34)n2)cc1. The van der Waals surface area contributed by atoms with Gasteiger partial charge in [-0.1, -0.05) is 146 Å². The van der Waals surface area contributed by atoms with Crippen LogP contribution in [-0.2, 0) is 0 Å². The first kappa shape index (κ1) is 29.5. The summed E-state index contributed by atoms with van der Waals surface area (Å²) in [6, 6.07) is 61.7. The predicted octanol–water partition coefficient (Wildman–Crippen LogP) is 13.1. The second kappa shape index (κ2) is 11.7. The number of rotatable bonds is 4. The van der Waals surface area contributed by atoms with E-state index in [9.17, 15) is 0 Å². The summed E-state index contributed by atoms with van der Waals surface area (Å²) in [7, 11) is 0. The summed E-state index contributed by atoms with van der Waals surface area (Å²) in [6.07, 6.45) is 0. The molecule has 0 fully saturated rings. The van der Waals surface area contributed by atoms with E-state index < -0.39 is 0 Å². The van der Waals surface area contributed by atoms with Gasteiger partial charge in [-0.2, -0.15) is 0 Å². The highest BCUT2D eigenvalue weighted by Crippen LogP contribution is 2.40. The van der Waals surface area contributed by atoms with Crippen LogP contribution >= 0.6 is 0 Å². The Morgan fingerprint density at radius 1 is 0.302 bits per heavy atom. The molecule has 53 heavy (non-hydrogen) atoms. The van der Waals surface area contributed by atoms with E-state index in [0.717, 1.165) is 65.9 Å². The highest BCUT2D eigenvalue weighted by Gasteiger charge is 2.18. The Morgan fingerprint density at radius 2 is 0.887 bits per heavy atom. The van der Waals surface area contributed by atoms with Crippen LogP contribution in [0.25, 0.3) is 110 Å². The molecule has 4 nitrogen and oxygen atoms in total. The number of para-hydroxylation sites is 1. The van der Waals surface area contributed by atoms with Crippen LogP contribution in [0.1, 0.15) is 0 Å². The van der Waals surface area contributed by atoms with E-state index in [-0.39, 0.29) is 0 Å². The summed E-state index contributed by atoms with van der Waals surface area (Å²) < 4.78 is 6.29. The molecule has 0 saturated heterocycles. The van der Waals surface area contributed by atoms with E-state index in [1.54, 1.807) is 0 Å². The molecule has 0 radical (unpaired) electrons. The van der Waals surface area contributed by atoms with Crippen molar-refractivity contribution in [2.24, 2.45) is 0 Å². The van der Waals surface area contributed by atoms with E-state index in [0.29, 0.717) is 17.5 Å². The minimum Gasteiger partial charge on any atom is -0.456 e. The summed E-state index contributed by atoms with van der Waals surface area (Å²) in [5.41, 5.74) is 6.74. The van der Waals surface area contributed by atoms with Gasteiger partial charge in [0.05, 0.1) is 0 Å². The van der Waals surface area contributed by atoms with Crippen molar-refractivity contribution in [2.75, 3.05) is 0 Å². The fourth-order valence-electron chi connectivity index (χ4n) is 7.98. The van der Waals surface area contributed by atoms with Crippen molar-refractivity contribution in [3.8, 4) is 45.3 Å². The molecule has 11 rings (SSSR count). The molecule has 2 heterocycles. The van der Waals surface area contributed by atoms with Crippen molar-refractivity contribution in [1.82, 2.24) is 15.0 Å². The topological polar surface area (TPSA) is 51.8 Å². The molecule has 0 amide bonds. The number of nitrogens with zero attached hydrogens (tertiary/aromatic N) is 3. The summed E-state index contributed by atoms with van der Waals surface area (Å²) in [4.78, 5) is 15.5. The van der Waals surface area contributed by atoms with Crippen molar-refractivity contribution in [1.29, 1.82) is 0 Å². The van der Waals surface area contributed by atoms with Gasteiger partial charge in [-0.15, -0.1) is 0 Å². The lowest BCUT2D eigenvalue weighted by molar-refractivity contribution is 0.669. The third-order valence-corrected chi connectivity index (χ3v) is 10.5. The Morgan fingerprint density at radius 3 is 1.74 bits per heavy atom. The minimum atomic E-state index is 0.626. The van der Waals surface area contributed by atoms with Gasteiger partial charge in [-0.25, -0.2) is 15.0 Å². The second-order valence-electron chi connectivity index (χ2n) is 13.6. The van der Waals surface area contributed by atoms with Crippen LogP contribution in [0.4, 0.5) is 0 Å². The molecule has 11 aromatic rings. The molecule has 0 aliphatic rings. The lowest BCUT2D eigenvalue weighted by Gasteiger charge is -2.13. The highest BCUT2D eigenvalue weighted by molar-refractivity contribution is 6.18. The van der Waals surface area contributed by atoms with E-state index >= 15 is 0 Å². The lowest BCUT2D eigenvalue weighted by atomic mass is 9.93. The standard InChI is InChI=1S/C49H29N3O/c1-2-12-31(13-3-1)47-50-48(34-23-24-38-33(27-34)22-26-40-36-15-6-4-11-30(36)21-25-41(38)40)52-49(51-47)43-29-35(28-32-14-5-7-16-37(32)43)39-18-10-20-45-46(39)42-17-8-9-19-44(42)53-45/h1-29H. The average molecular weight is 676 g/mol. The molecule has 0 atom stereocenters. The molecule has 9 aromatic carbocycles. The Hall–Kier alpha value is -7.17. The number of hydrogen-bond acceptors (Lipinski definition) is 4. The summed E-state index contributed by atoms with van der Waals surface area (Å²) in [6.45, 7) is 0. The average Bonchev–Trinajstić information content (AvgIpc) is 3.62. The van der Waals surface area contributed by atoms with Crippen LogP contribution in [0.3, 0.4) is 0 Å². The van der Waals surface area contributed by atoms with Crippen LogP contribution in [0.2, 0.25) is 0 Å². The summed E-state index contributed by atoms with van der Waals surface area (Å²) >= 11 is 0. The maximum Gasteiger partial charge on any atom is 0.164 e. The molecular weight excluding hydrogens is 647 g/mol. The quantitative estimate of drug-likeness (QED) is 0.174. The Labute approximate surface area is 304 Å². The molecule has 0 bridgehead atoms. The van der Waals surface area contributed by atoms with Crippen molar-refractivity contribution >= 4 is 65.0 Å². The first-order chi connectivity index (χ1) is 26.2. The van der Waals surface area contributed by atoms with Crippen LogP contribution in [-0.4, -0.2) is 15.0 Å². The normalized spacial score (nSPS) is 11.8. The molecule has 0 aliphatic heterocycles. The molecule has 0 N–H and O–H groups in total. The van der Waals surface area contributed by atoms with Gasteiger partial charge in [0.25, 0.3) is 0 Å². The minimum absolute atomic E-state index is 0.626. The number of furan rings is 1. The first-order valence-electron chi connectivity index (χ1n) is 17.9. The smallest absolute Gasteiger partial charge is 0.164 e.